The molecule has 0 aliphatic heterocycles. The molecule has 0 amide bonds. The van der Waals surface area contributed by atoms with E-state index in [1.807, 2.05) is 0 Å². The van der Waals surface area contributed by atoms with E-state index in [0.29, 0.717) is 0 Å². The minimum Gasteiger partial charge on any atom is -0.102 e. The van der Waals surface area contributed by atoms with Crippen LogP contribution < -0.4 is 0 Å². The van der Waals surface area contributed by atoms with Gasteiger partial charge in [-0.05, 0) is 12.5 Å². The van der Waals surface area contributed by atoms with Crippen molar-refractivity contribution in [1.29, 1.82) is 0 Å². The van der Waals surface area contributed by atoms with Gasteiger partial charge < -0.3 is 0 Å². The molecule has 0 saturated carbocycles. The van der Waals surface area contributed by atoms with Gasteiger partial charge in [0.15, 0.2) is 0 Å². The molecule has 0 saturated heterocycles. The van der Waals surface area contributed by atoms with Gasteiger partial charge in [0.1, 0.15) is 0 Å². The van der Waals surface area contributed by atoms with Crippen LogP contribution in [0, 0.1) is 25.7 Å². The van der Waals surface area contributed by atoms with Crippen LogP contribution in [0.3, 0.4) is 0 Å². The molecule has 1 radical (unpaired) electrons. The molecular formula is C11H11. The molecule has 1 aromatic carbocycles. The van der Waals surface area contributed by atoms with Gasteiger partial charge in [-0.2, -0.15) is 0 Å². The summed E-state index contributed by atoms with van der Waals surface area (Å²) in [5.74, 6) is 5.57. The zero-order valence-electron chi connectivity index (χ0n) is 6.72. The molecule has 55 valence electrons. The quantitative estimate of drug-likeness (QED) is 0.529. The molecule has 0 atom stereocenters. The predicted octanol–water partition coefficient (Wildman–Crippen LogP) is 2.38. The molecule has 0 bridgehead atoms. The Hall–Kier alpha value is -1.22. The summed E-state index contributed by atoms with van der Waals surface area (Å²) < 4.78 is 0. The largest absolute Gasteiger partial charge is 0.102 e. The van der Waals surface area contributed by atoms with Gasteiger partial charge in [0.05, 0.1) is 0 Å². The van der Waals surface area contributed by atoms with Gasteiger partial charge in [0.25, 0.3) is 0 Å². The molecule has 0 N–H and O–H groups in total. The van der Waals surface area contributed by atoms with E-state index >= 15 is 0 Å². The van der Waals surface area contributed by atoms with E-state index in [9.17, 15) is 0 Å². The summed E-state index contributed by atoms with van der Waals surface area (Å²) in [6.07, 6.45) is 0.811. The smallest absolute Gasteiger partial charge is 0.0340 e. The van der Waals surface area contributed by atoms with Crippen LogP contribution in [0.4, 0.5) is 0 Å². The maximum Gasteiger partial charge on any atom is 0.0340 e. The lowest BCUT2D eigenvalue weighted by Crippen LogP contribution is -1.81. The van der Waals surface area contributed by atoms with Crippen LogP contribution in [0.15, 0.2) is 24.3 Å². The van der Waals surface area contributed by atoms with Crippen LogP contribution in [0.25, 0.3) is 0 Å². The van der Waals surface area contributed by atoms with Crippen LogP contribution in [0.1, 0.15) is 11.1 Å². The summed E-state index contributed by atoms with van der Waals surface area (Å²) in [5, 5.41) is 0. The molecule has 0 spiro atoms. The van der Waals surface area contributed by atoms with Crippen molar-refractivity contribution >= 4 is 0 Å². The van der Waals surface area contributed by atoms with Crippen molar-refractivity contribution in [2.45, 2.75) is 13.3 Å². The van der Waals surface area contributed by atoms with E-state index in [4.69, 9.17) is 0 Å². The first-order chi connectivity index (χ1) is 5.33. The Morgan fingerprint density at radius 1 is 1.45 bits per heavy atom. The average molecular weight is 143 g/mol. The fourth-order valence-corrected chi connectivity index (χ4v) is 0.987. The Balaban J connectivity index is 2.76. The lowest BCUT2D eigenvalue weighted by molar-refractivity contribution is 1.29. The van der Waals surface area contributed by atoms with Crippen LogP contribution >= 0.6 is 0 Å². The highest BCUT2D eigenvalue weighted by atomic mass is 13.9. The first kappa shape index (κ1) is 7.88. The van der Waals surface area contributed by atoms with Crippen LogP contribution in [-0.4, -0.2) is 0 Å². The molecule has 0 unspecified atom stereocenters. The molecule has 0 heteroatoms. The Bertz CT molecular complexity index is 286. The maximum atomic E-state index is 3.46. The lowest BCUT2D eigenvalue weighted by Gasteiger charge is -1.95. The van der Waals surface area contributed by atoms with Crippen LogP contribution in [0.5, 0.6) is 0 Å². The lowest BCUT2D eigenvalue weighted by atomic mass is 10.1. The van der Waals surface area contributed by atoms with E-state index in [1.165, 1.54) is 11.1 Å². The molecule has 0 fully saturated rings. The van der Waals surface area contributed by atoms with Crippen LogP contribution in [-0.2, 0) is 6.42 Å². The first-order valence-electron chi connectivity index (χ1n) is 3.63. The summed E-state index contributed by atoms with van der Waals surface area (Å²) in [5.41, 5.74) is 2.55. The van der Waals surface area contributed by atoms with Gasteiger partial charge in [-0.25, -0.2) is 0 Å². The minimum atomic E-state index is 0.811. The number of rotatable bonds is 1. The summed E-state index contributed by atoms with van der Waals surface area (Å²) in [6.45, 7) is 5.55. The third-order valence-electron chi connectivity index (χ3n) is 1.50. The fourth-order valence-electron chi connectivity index (χ4n) is 0.987. The van der Waals surface area contributed by atoms with Crippen molar-refractivity contribution < 1.29 is 0 Å². The molecular weight excluding hydrogens is 132 g/mol. The predicted molar refractivity (Wildman–Crippen MR) is 48.0 cm³/mol. The van der Waals surface area contributed by atoms with Gasteiger partial charge in [0, 0.05) is 13.3 Å². The molecule has 0 aliphatic carbocycles. The minimum absolute atomic E-state index is 0.811. The third kappa shape index (κ3) is 2.47. The second-order valence-electron chi connectivity index (χ2n) is 2.52. The number of benzene rings is 1. The molecule has 0 nitrogen and oxygen atoms in total. The highest BCUT2D eigenvalue weighted by Crippen LogP contribution is 2.03. The van der Waals surface area contributed by atoms with Crippen molar-refractivity contribution in [3.63, 3.8) is 0 Å². The summed E-state index contributed by atoms with van der Waals surface area (Å²) in [7, 11) is 0. The summed E-state index contributed by atoms with van der Waals surface area (Å²) >= 11 is 0. The van der Waals surface area contributed by atoms with Crippen molar-refractivity contribution in [1.82, 2.24) is 0 Å². The van der Waals surface area contributed by atoms with Gasteiger partial charge in [-0.15, -0.1) is 5.92 Å². The molecule has 11 heavy (non-hydrogen) atoms. The normalized spacial score (nSPS) is 8.55. The van der Waals surface area contributed by atoms with E-state index in [0.717, 1.165) is 6.42 Å². The Labute approximate surface area is 68.3 Å². The molecule has 0 aromatic heterocycles. The SMILES string of the molecule is [CH2]C#CCc1cccc(C)c1. The van der Waals surface area contributed by atoms with Gasteiger partial charge in [-0.3, -0.25) is 0 Å². The topological polar surface area (TPSA) is 0 Å². The van der Waals surface area contributed by atoms with Gasteiger partial charge >= 0.3 is 0 Å². The van der Waals surface area contributed by atoms with E-state index in [1.54, 1.807) is 0 Å². The van der Waals surface area contributed by atoms with Crippen molar-refractivity contribution in [3.05, 3.63) is 42.3 Å². The van der Waals surface area contributed by atoms with Gasteiger partial charge in [-0.1, -0.05) is 35.7 Å². The highest BCUT2D eigenvalue weighted by Gasteiger charge is 1.88. The zero-order chi connectivity index (χ0) is 8.10. The highest BCUT2D eigenvalue weighted by molar-refractivity contribution is 5.26. The molecule has 0 heterocycles. The maximum absolute atomic E-state index is 3.46. The van der Waals surface area contributed by atoms with E-state index < -0.39 is 0 Å². The number of hydrogen-bond donors (Lipinski definition) is 0. The monoisotopic (exact) mass is 143 g/mol. The number of hydrogen-bond acceptors (Lipinski definition) is 0. The molecule has 0 aliphatic rings. The zero-order valence-corrected chi connectivity index (χ0v) is 6.72. The van der Waals surface area contributed by atoms with Crippen LogP contribution in [0.2, 0.25) is 0 Å². The molecule has 1 rings (SSSR count). The standard InChI is InChI=1S/C11H11/c1-3-4-7-11-8-5-6-10(2)9-11/h5-6,8-9H,1,7H2,2H3. The molecule has 1 aromatic rings. The second-order valence-corrected chi connectivity index (χ2v) is 2.52. The fraction of sp³-hybridized carbons (Fsp3) is 0.182. The van der Waals surface area contributed by atoms with Gasteiger partial charge in [0.2, 0.25) is 0 Å². The number of aryl methyl sites for hydroxylation is 1. The third-order valence-corrected chi connectivity index (χ3v) is 1.50. The van der Waals surface area contributed by atoms with E-state index in [2.05, 4.69) is 50.0 Å². The Kier molecular flexibility index (Phi) is 2.74. The first-order valence-corrected chi connectivity index (χ1v) is 3.63. The Morgan fingerprint density at radius 3 is 2.91 bits per heavy atom. The summed E-state index contributed by atoms with van der Waals surface area (Å²) in [4.78, 5) is 0. The second kappa shape index (κ2) is 3.83. The van der Waals surface area contributed by atoms with Crippen molar-refractivity contribution in [2.75, 3.05) is 0 Å². The van der Waals surface area contributed by atoms with E-state index in [-0.39, 0.29) is 0 Å². The van der Waals surface area contributed by atoms with Crippen molar-refractivity contribution in [3.8, 4) is 11.8 Å². The Morgan fingerprint density at radius 2 is 2.27 bits per heavy atom. The van der Waals surface area contributed by atoms with Crippen molar-refractivity contribution in [2.24, 2.45) is 0 Å². The summed E-state index contributed by atoms with van der Waals surface area (Å²) in [6, 6.07) is 8.36. The average Bonchev–Trinajstić information content (AvgIpc) is 2.01.